The van der Waals surface area contributed by atoms with Crippen molar-refractivity contribution < 1.29 is 13.2 Å². The molecular weight excluding hydrogens is 415 g/mol. The molecule has 0 unspecified atom stereocenters. The number of hydrogen-bond donors (Lipinski definition) is 0. The molecule has 5 heteroatoms. The topological polar surface area (TPSA) is 52.1 Å². The summed E-state index contributed by atoms with van der Waals surface area (Å²) in [7, 11) is 0. The Hall–Kier alpha value is -4.25. The second-order valence-corrected chi connectivity index (χ2v) is 7.83. The molecule has 0 amide bonds. The highest BCUT2D eigenvalue weighted by atomic mass is 19.1. The zero-order chi connectivity index (χ0) is 22.4. The van der Waals surface area contributed by atoms with Crippen molar-refractivity contribution in [3.05, 3.63) is 96.6 Å². The first kappa shape index (κ1) is 19.4. The van der Waals surface area contributed by atoms with Gasteiger partial charge < -0.3 is 8.83 Å². The molecule has 33 heavy (non-hydrogen) atoms. The van der Waals surface area contributed by atoms with E-state index < -0.39 is 5.82 Å². The fraction of sp³-hybridized carbons (Fsp3) is 0.0714. The highest BCUT2D eigenvalue weighted by molar-refractivity contribution is 6.06. The molecule has 0 bridgehead atoms. The summed E-state index contributed by atoms with van der Waals surface area (Å²) in [4.78, 5) is 9.06. The molecule has 0 aliphatic rings. The van der Waals surface area contributed by atoms with Crippen LogP contribution in [0.25, 0.3) is 55.9 Å². The molecule has 0 N–H and O–H groups in total. The maximum Gasteiger partial charge on any atom is 0.231 e. The number of rotatable bonds is 4. The molecule has 0 saturated carbocycles. The molecule has 0 aliphatic carbocycles. The third-order valence-electron chi connectivity index (χ3n) is 5.96. The van der Waals surface area contributed by atoms with Crippen LogP contribution < -0.4 is 0 Å². The van der Waals surface area contributed by atoms with Gasteiger partial charge in [-0.25, -0.2) is 14.4 Å². The van der Waals surface area contributed by atoms with E-state index in [1.54, 1.807) is 0 Å². The summed E-state index contributed by atoms with van der Waals surface area (Å²) in [5.41, 5.74) is 6.14. The molecule has 0 saturated heterocycles. The summed E-state index contributed by atoms with van der Waals surface area (Å²) in [6.07, 6.45) is 2.14. The fourth-order valence-electron chi connectivity index (χ4n) is 4.43. The highest BCUT2D eigenvalue weighted by Crippen LogP contribution is 2.46. The molecule has 6 aromatic rings. The molecule has 2 aromatic heterocycles. The number of nitrogens with zero attached hydrogens (tertiary/aromatic N) is 2. The second kappa shape index (κ2) is 7.71. The van der Waals surface area contributed by atoms with Gasteiger partial charge in [-0.3, -0.25) is 0 Å². The minimum atomic E-state index is -0.435. The number of oxazole rings is 2. The standard InChI is InChI=1S/C28H19FN2O2/c1-2-17-10-6-7-13-19(17)23-24(28-31-20-14-8-9-15-21(20)33-28)25(29)22(18-11-4-3-5-12-18)26-27(23)32-16-30-26/h3-16H,2H2,1H3. The van der Waals surface area contributed by atoms with Crippen LogP contribution in [-0.4, -0.2) is 9.97 Å². The lowest BCUT2D eigenvalue weighted by Crippen LogP contribution is -1.98. The van der Waals surface area contributed by atoms with Crippen LogP contribution in [-0.2, 0) is 6.42 Å². The van der Waals surface area contributed by atoms with Crippen molar-refractivity contribution >= 4 is 22.2 Å². The van der Waals surface area contributed by atoms with Crippen molar-refractivity contribution in [2.24, 2.45) is 0 Å². The Kier molecular flexibility index (Phi) is 4.54. The van der Waals surface area contributed by atoms with Gasteiger partial charge in [0, 0.05) is 11.1 Å². The Morgan fingerprint density at radius 1 is 0.818 bits per heavy atom. The van der Waals surface area contributed by atoms with E-state index in [0.717, 1.165) is 17.5 Å². The minimum Gasteiger partial charge on any atom is -0.443 e. The van der Waals surface area contributed by atoms with Crippen molar-refractivity contribution in [2.45, 2.75) is 13.3 Å². The predicted octanol–water partition coefficient (Wildman–Crippen LogP) is 7.67. The molecule has 4 nitrogen and oxygen atoms in total. The summed E-state index contributed by atoms with van der Waals surface area (Å²) in [6.45, 7) is 2.07. The van der Waals surface area contributed by atoms with Gasteiger partial charge in [-0.2, -0.15) is 0 Å². The summed E-state index contributed by atoms with van der Waals surface area (Å²) in [5.74, 6) is -0.222. The van der Waals surface area contributed by atoms with E-state index in [1.807, 2.05) is 78.9 Å². The van der Waals surface area contributed by atoms with Gasteiger partial charge in [0.2, 0.25) is 5.89 Å². The van der Waals surface area contributed by atoms with Crippen LogP contribution in [0.4, 0.5) is 4.39 Å². The first-order chi connectivity index (χ1) is 16.3. The van der Waals surface area contributed by atoms with Gasteiger partial charge in [0.25, 0.3) is 0 Å². The summed E-state index contributed by atoms with van der Waals surface area (Å²) >= 11 is 0. The van der Waals surface area contributed by atoms with Crippen molar-refractivity contribution in [2.75, 3.05) is 0 Å². The smallest absolute Gasteiger partial charge is 0.231 e. The van der Waals surface area contributed by atoms with Crippen molar-refractivity contribution in [1.82, 2.24) is 9.97 Å². The Labute approximate surface area is 189 Å². The van der Waals surface area contributed by atoms with E-state index in [2.05, 4.69) is 16.9 Å². The molecule has 4 aromatic carbocycles. The number of benzene rings is 4. The average Bonchev–Trinajstić information content (AvgIpc) is 3.51. The molecule has 0 radical (unpaired) electrons. The third-order valence-corrected chi connectivity index (χ3v) is 5.96. The maximum absolute atomic E-state index is 16.6. The van der Waals surface area contributed by atoms with Crippen LogP contribution in [0.5, 0.6) is 0 Å². The van der Waals surface area contributed by atoms with Crippen LogP contribution in [0.2, 0.25) is 0 Å². The second-order valence-electron chi connectivity index (χ2n) is 7.83. The van der Waals surface area contributed by atoms with Gasteiger partial charge in [0.1, 0.15) is 16.9 Å². The lowest BCUT2D eigenvalue weighted by molar-refractivity contribution is 0.590. The van der Waals surface area contributed by atoms with E-state index in [0.29, 0.717) is 38.9 Å². The van der Waals surface area contributed by atoms with Crippen LogP contribution >= 0.6 is 0 Å². The molecule has 6 rings (SSSR count). The largest absolute Gasteiger partial charge is 0.443 e. The zero-order valence-corrected chi connectivity index (χ0v) is 17.9. The van der Waals surface area contributed by atoms with Crippen LogP contribution in [0.1, 0.15) is 12.5 Å². The van der Waals surface area contributed by atoms with Crippen molar-refractivity contribution in [1.29, 1.82) is 0 Å². The first-order valence-electron chi connectivity index (χ1n) is 10.8. The number of para-hydroxylation sites is 2. The molecule has 2 heterocycles. The number of aromatic nitrogens is 2. The predicted molar refractivity (Wildman–Crippen MR) is 127 cm³/mol. The van der Waals surface area contributed by atoms with Crippen LogP contribution in [0.15, 0.2) is 94.1 Å². The first-order valence-corrected chi connectivity index (χ1v) is 10.8. The van der Waals surface area contributed by atoms with Crippen molar-refractivity contribution in [3.8, 4) is 33.7 Å². The van der Waals surface area contributed by atoms with Gasteiger partial charge in [0.05, 0.1) is 5.56 Å². The van der Waals surface area contributed by atoms with Gasteiger partial charge in [0.15, 0.2) is 17.6 Å². The zero-order valence-electron chi connectivity index (χ0n) is 17.9. The highest BCUT2D eigenvalue weighted by Gasteiger charge is 2.29. The van der Waals surface area contributed by atoms with Crippen LogP contribution in [0, 0.1) is 5.82 Å². The summed E-state index contributed by atoms with van der Waals surface area (Å²) < 4.78 is 28.6. The molecule has 0 fully saturated rings. The number of aryl methyl sites for hydroxylation is 1. The number of halogens is 1. The van der Waals surface area contributed by atoms with Gasteiger partial charge in [-0.15, -0.1) is 0 Å². The van der Waals surface area contributed by atoms with Gasteiger partial charge in [-0.05, 0) is 35.2 Å². The van der Waals surface area contributed by atoms with E-state index in [4.69, 9.17) is 8.83 Å². The van der Waals surface area contributed by atoms with Gasteiger partial charge in [-0.1, -0.05) is 73.7 Å². The maximum atomic E-state index is 16.6. The lowest BCUT2D eigenvalue weighted by Gasteiger charge is -2.15. The molecule has 0 aliphatic heterocycles. The molecule has 0 spiro atoms. The van der Waals surface area contributed by atoms with E-state index in [1.165, 1.54) is 6.39 Å². The van der Waals surface area contributed by atoms with E-state index in [-0.39, 0.29) is 11.5 Å². The summed E-state index contributed by atoms with van der Waals surface area (Å²) in [5, 5.41) is 0. The number of fused-ring (bicyclic) bond motifs is 2. The van der Waals surface area contributed by atoms with Gasteiger partial charge >= 0.3 is 0 Å². The Balaban J connectivity index is 1.79. The Morgan fingerprint density at radius 2 is 1.58 bits per heavy atom. The molecular formula is C28H19FN2O2. The monoisotopic (exact) mass is 434 g/mol. The normalized spacial score (nSPS) is 11.5. The van der Waals surface area contributed by atoms with E-state index >= 15 is 4.39 Å². The lowest BCUT2D eigenvalue weighted by atomic mass is 9.89. The number of hydrogen-bond acceptors (Lipinski definition) is 4. The quantitative estimate of drug-likeness (QED) is 0.286. The summed E-state index contributed by atoms with van der Waals surface area (Å²) in [6, 6.07) is 24.7. The Bertz CT molecular complexity index is 1580. The third kappa shape index (κ3) is 3.04. The van der Waals surface area contributed by atoms with Crippen molar-refractivity contribution in [3.63, 3.8) is 0 Å². The molecule has 0 atom stereocenters. The SMILES string of the molecule is CCc1ccccc1-c1c(-c2nc3ccccc3o2)c(F)c(-c2ccccc2)c2ncoc12. The average molecular weight is 434 g/mol. The Morgan fingerprint density at radius 3 is 2.39 bits per heavy atom. The minimum absolute atomic E-state index is 0.213. The van der Waals surface area contributed by atoms with E-state index in [9.17, 15) is 0 Å². The fourth-order valence-corrected chi connectivity index (χ4v) is 4.43. The van der Waals surface area contributed by atoms with Crippen LogP contribution in [0.3, 0.4) is 0 Å². The molecule has 160 valence electrons.